The van der Waals surface area contributed by atoms with Crippen molar-refractivity contribution in [2.75, 3.05) is 12.4 Å². The molecular weight excluding hydrogens is 372 g/mol. The molecule has 0 atom stereocenters. The smallest absolute Gasteiger partial charge is 0.143 e. The molecule has 0 radical (unpaired) electrons. The number of methoxy groups -OCH3 is 1. The lowest BCUT2D eigenvalue weighted by Crippen LogP contribution is -2.12. The van der Waals surface area contributed by atoms with Crippen LogP contribution in [-0.2, 0) is 0 Å². The molecule has 0 saturated heterocycles. The van der Waals surface area contributed by atoms with Gasteiger partial charge in [0.25, 0.3) is 0 Å². The number of halogens is 2. The highest BCUT2D eigenvalue weighted by Gasteiger charge is 2.11. The standard InChI is InChI=1S/C15H14BrClN2OS/c1-8-5-13(14(20-2)7-11(8)17)19-12-4-3-9(16)6-10(12)15(18)21/h3-7,19H,1-2H3,(H2,18,21). The first-order valence-electron chi connectivity index (χ1n) is 6.13. The van der Waals surface area contributed by atoms with Gasteiger partial charge in [0.05, 0.1) is 12.8 Å². The average molecular weight is 386 g/mol. The van der Waals surface area contributed by atoms with Crippen molar-refractivity contribution in [3.63, 3.8) is 0 Å². The number of nitrogens with one attached hydrogen (secondary N) is 1. The van der Waals surface area contributed by atoms with Gasteiger partial charge in [0.15, 0.2) is 0 Å². The Morgan fingerprint density at radius 3 is 2.62 bits per heavy atom. The summed E-state index contributed by atoms with van der Waals surface area (Å²) in [7, 11) is 1.60. The molecule has 0 amide bonds. The van der Waals surface area contributed by atoms with Gasteiger partial charge >= 0.3 is 0 Å². The van der Waals surface area contributed by atoms with Crippen LogP contribution in [0.1, 0.15) is 11.1 Å². The fraction of sp³-hybridized carbons (Fsp3) is 0.133. The van der Waals surface area contributed by atoms with E-state index in [2.05, 4.69) is 21.2 Å². The van der Waals surface area contributed by atoms with Crippen LogP contribution in [0.3, 0.4) is 0 Å². The van der Waals surface area contributed by atoms with Gasteiger partial charge in [0.1, 0.15) is 10.7 Å². The summed E-state index contributed by atoms with van der Waals surface area (Å²) >= 11 is 14.6. The number of rotatable bonds is 4. The van der Waals surface area contributed by atoms with Crippen molar-refractivity contribution in [1.29, 1.82) is 0 Å². The third kappa shape index (κ3) is 3.67. The quantitative estimate of drug-likeness (QED) is 0.742. The maximum absolute atomic E-state index is 6.12. The van der Waals surface area contributed by atoms with Crippen LogP contribution in [0, 0.1) is 6.92 Å². The molecule has 2 aromatic rings. The monoisotopic (exact) mass is 384 g/mol. The second-order valence-corrected chi connectivity index (χ2v) is 6.24. The zero-order valence-corrected chi connectivity index (χ0v) is 14.7. The maximum Gasteiger partial charge on any atom is 0.143 e. The van der Waals surface area contributed by atoms with Crippen molar-refractivity contribution >= 4 is 56.1 Å². The first-order valence-corrected chi connectivity index (χ1v) is 7.71. The van der Waals surface area contributed by atoms with Crippen LogP contribution < -0.4 is 15.8 Å². The molecule has 0 aliphatic heterocycles. The summed E-state index contributed by atoms with van der Waals surface area (Å²) in [5.41, 5.74) is 9.11. The van der Waals surface area contributed by atoms with E-state index in [1.165, 1.54) is 0 Å². The molecule has 0 heterocycles. The molecule has 0 spiro atoms. The van der Waals surface area contributed by atoms with Crippen LogP contribution in [0.25, 0.3) is 0 Å². The molecular formula is C15H14BrClN2OS. The Hall–Kier alpha value is -1.30. The third-order valence-corrected chi connectivity index (χ3v) is 4.12. The van der Waals surface area contributed by atoms with E-state index in [1.807, 2.05) is 31.2 Å². The van der Waals surface area contributed by atoms with Crippen LogP contribution in [0.15, 0.2) is 34.8 Å². The number of thiocarbonyl (C=S) groups is 1. The minimum Gasteiger partial charge on any atom is -0.495 e. The Morgan fingerprint density at radius 1 is 1.29 bits per heavy atom. The van der Waals surface area contributed by atoms with Crippen LogP contribution >= 0.6 is 39.7 Å². The fourth-order valence-electron chi connectivity index (χ4n) is 1.90. The highest BCUT2D eigenvalue weighted by molar-refractivity contribution is 9.10. The van der Waals surface area contributed by atoms with E-state index in [9.17, 15) is 0 Å². The lowest BCUT2D eigenvalue weighted by Gasteiger charge is -2.16. The highest BCUT2D eigenvalue weighted by Crippen LogP contribution is 2.34. The van der Waals surface area contributed by atoms with Crippen molar-refractivity contribution < 1.29 is 4.74 Å². The molecule has 110 valence electrons. The zero-order valence-electron chi connectivity index (χ0n) is 11.5. The average Bonchev–Trinajstić information content (AvgIpc) is 2.44. The normalized spacial score (nSPS) is 10.3. The summed E-state index contributed by atoms with van der Waals surface area (Å²) in [6.45, 7) is 1.93. The van der Waals surface area contributed by atoms with Crippen LogP contribution in [0.5, 0.6) is 5.75 Å². The van der Waals surface area contributed by atoms with E-state index in [4.69, 9.17) is 34.3 Å². The second kappa shape index (κ2) is 6.64. The second-order valence-electron chi connectivity index (χ2n) is 4.48. The minimum atomic E-state index is 0.323. The van der Waals surface area contributed by atoms with Crippen molar-refractivity contribution in [3.8, 4) is 5.75 Å². The molecule has 21 heavy (non-hydrogen) atoms. The molecule has 6 heteroatoms. The molecule has 3 N–H and O–H groups in total. The van der Waals surface area contributed by atoms with Gasteiger partial charge in [-0.15, -0.1) is 0 Å². The molecule has 2 aromatic carbocycles. The van der Waals surface area contributed by atoms with Gasteiger partial charge in [0.2, 0.25) is 0 Å². The summed E-state index contributed by atoms with van der Waals surface area (Å²) < 4.78 is 6.27. The van der Waals surface area contributed by atoms with Crippen LogP contribution in [0.4, 0.5) is 11.4 Å². The van der Waals surface area contributed by atoms with Crippen LogP contribution in [0.2, 0.25) is 5.02 Å². The number of aryl methyl sites for hydroxylation is 1. The van der Waals surface area contributed by atoms with E-state index in [0.29, 0.717) is 15.8 Å². The van der Waals surface area contributed by atoms with Gasteiger partial charge in [-0.1, -0.05) is 39.7 Å². The van der Waals surface area contributed by atoms with E-state index < -0.39 is 0 Å². The SMILES string of the molecule is COc1cc(Cl)c(C)cc1Nc1ccc(Br)cc1C(N)=S. The highest BCUT2D eigenvalue weighted by atomic mass is 79.9. The fourth-order valence-corrected chi connectivity index (χ4v) is 2.59. The van der Waals surface area contributed by atoms with E-state index in [0.717, 1.165) is 27.0 Å². The molecule has 0 fully saturated rings. The predicted octanol–water partition coefficient (Wildman–Crippen LogP) is 4.80. The van der Waals surface area contributed by atoms with Crippen molar-refractivity contribution in [2.45, 2.75) is 6.92 Å². The van der Waals surface area contributed by atoms with Gasteiger partial charge < -0.3 is 15.8 Å². The van der Waals surface area contributed by atoms with E-state index in [1.54, 1.807) is 13.2 Å². The van der Waals surface area contributed by atoms with Gasteiger partial charge in [-0.05, 0) is 36.8 Å². The number of benzene rings is 2. The molecule has 0 aromatic heterocycles. The summed E-state index contributed by atoms with van der Waals surface area (Å²) in [4.78, 5) is 0.323. The maximum atomic E-state index is 6.12. The summed E-state index contributed by atoms with van der Waals surface area (Å²) in [5.74, 6) is 0.655. The summed E-state index contributed by atoms with van der Waals surface area (Å²) in [6.07, 6.45) is 0. The molecule has 0 bridgehead atoms. The van der Waals surface area contributed by atoms with E-state index >= 15 is 0 Å². The molecule has 0 aliphatic carbocycles. The number of ether oxygens (including phenoxy) is 1. The lowest BCUT2D eigenvalue weighted by atomic mass is 10.1. The number of anilines is 2. The summed E-state index contributed by atoms with van der Waals surface area (Å²) in [6, 6.07) is 9.40. The van der Waals surface area contributed by atoms with Crippen molar-refractivity contribution in [1.82, 2.24) is 0 Å². The Kier molecular flexibility index (Phi) is 5.08. The van der Waals surface area contributed by atoms with E-state index in [-0.39, 0.29) is 0 Å². The predicted molar refractivity (Wildman–Crippen MR) is 96.1 cm³/mol. The van der Waals surface area contributed by atoms with Gasteiger partial charge in [-0.2, -0.15) is 0 Å². The van der Waals surface area contributed by atoms with Gasteiger partial charge in [0, 0.05) is 26.8 Å². The van der Waals surface area contributed by atoms with Gasteiger partial charge in [-0.3, -0.25) is 0 Å². The van der Waals surface area contributed by atoms with Crippen molar-refractivity contribution in [3.05, 3.63) is 51.0 Å². The molecule has 3 nitrogen and oxygen atoms in total. The topological polar surface area (TPSA) is 47.3 Å². The minimum absolute atomic E-state index is 0.323. The Bertz CT molecular complexity index is 706. The summed E-state index contributed by atoms with van der Waals surface area (Å²) in [5, 5.41) is 3.95. The molecule has 2 rings (SSSR count). The largest absolute Gasteiger partial charge is 0.495 e. The number of hydrogen-bond donors (Lipinski definition) is 2. The molecule has 0 aliphatic rings. The lowest BCUT2D eigenvalue weighted by molar-refractivity contribution is 0.417. The van der Waals surface area contributed by atoms with Crippen LogP contribution in [-0.4, -0.2) is 12.1 Å². The Balaban J connectivity index is 2.47. The number of hydrogen-bond acceptors (Lipinski definition) is 3. The first kappa shape index (κ1) is 16.1. The van der Waals surface area contributed by atoms with Crippen molar-refractivity contribution in [2.24, 2.45) is 5.73 Å². The molecule has 0 saturated carbocycles. The molecule has 0 unspecified atom stereocenters. The number of nitrogens with two attached hydrogens (primary N) is 1. The Labute approximate surface area is 142 Å². The zero-order chi connectivity index (χ0) is 15.6. The van der Waals surface area contributed by atoms with Gasteiger partial charge in [-0.25, -0.2) is 0 Å². The third-order valence-electron chi connectivity index (χ3n) is 3.00. The first-order chi connectivity index (χ1) is 9.92. The Morgan fingerprint density at radius 2 is 2.00 bits per heavy atom.